The van der Waals surface area contributed by atoms with Crippen LogP contribution in [0.25, 0.3) is 0 Å². The van der Waals surface area contributed by atoms with E-state index in [1.807, 2.05) is 12.1 Å². The van der Waals surface area contributed by atoms with E-state index in [0.29, 0.717) is 21.4 Å². The summed E-state index contributed by atoms with van der Waals surface area (Å²) in [7, 11) is 0. The van der Waals surface area contributed by atoms with Crippen molar-refractivity contribution >= 4 is 40.5 Å². The third-order valence-corrected chi connectivity index (χ3v) is 3.25. The third-order valence-electron chi connectivity index (χ3n) is 2.70. The highest BCUT2D eigenvalue weighted by atomic mass is 35.5. The van der Waals surface area contributed by atoms with Crippen molar-refractivity contribution < 1.29 is 4.79 Å². The Balaban J connectivity index is 2.10. The summed E-state index contributed by atoms with van der Waals surface area (Å²) in [4.78, 5) is 12.0. The average Bonchev–Trinajstić information content (AvgIpc) is 2.50. The number of rotatable bonds is 4. The summed E-state index contributed by atoms with van der Waals surface area (Å²) in [5.74, 6) is -0.508. The number of nitrogens with zero attached hydrogens (tertiary/aromatic N) is 1. The van der Waals surface area contributed by atoms with Gasteiger partial charge in [0.2, 0.25) is 0 Å². The van der Waals surface area contributed by atoms with Crippen molar-refractivity contribution in [1.82, 2.24) is 0 Å². The highest BCUT2D eigenvalue weighted by Gasteiger charge is 2.09. The van der Waals surface area contributed by atoms with Gasteiger partial charge in [0.1, 0.15) is 11.6 Å². The number of hydrogen-bond donors (Lipinski definition) is 2. The lowest BCUT2D eigenvalue weighted by Crippen LogP contribution is -2.14. The van der Waals surface area contributed by atoms with Crippen LogP contribution in [0, 0.1) is 11.3 Å². The molecule has 6 heteroatoms. The second kappa shape index (κ2) is 7.51. The van der Waals surface area contributed by atoms with E-state index in [2.05, 4.69) is 10.6 Å². The Morgan fingerprint density at radius 3 is 2.50 bits per heavy atom. The molecular weight excluding hydrogens is 321 g/mol. The first-order valence-corrected chi connectivity index (χ1v) is 7.04. The fraction of sp³-hybridized carbons (Fsp3) is 0. The zero-order valence-corrected chi connectivity index (χ0v) is 12.8. The Kier molecular flexibility index (Phi) is 5.42. The molecule has 0 aliphatic rings. The Morgan fingerprint density at radius 1 is 1.14 bits per heavy atom. The number of hydrogen-bond acceptors (Lipinski definition) is 3. The second-order valence-corrected chi connectivity index (χ2v) is 5.10. The molecular formula is C16H11Cl2N3O. The smallest absolute Gasteiger partial charge is 0.267 e. The SMILES string of the molecule is N#CC(=CNc1ccc(Cl)cc1Cl)C(=O)Nc1ccccc1. The molecule has 4 nitrogen and oxygen atoms in total. The van der Waals surface area contributed by atoms with Gasteiger partial charge in [-0.1, -0.05) is 41.4 Å². The van der Waals surface area contributed by atoms with Crippen LogP contribution in [-0.2, 0) is 4.79 Å². The second-order valence-electron chi connectivity index (χ2n) is 4.26. The van der Waals surface area contributed by atoms with Crippen LogP contribution in [0.2, 0.25) is 10.0 Å². The van der Waals surface area contributed by atoms with Crippen LogP contribution in [-0.4, -0.2) is 5.91 Å². The predicted molar refractivity (Wildman–Crippen MR) is 88.9 cm³/mol. The molecule has 0 radical (unpaired) electrons. The lowest BCUT2D eigenvalue weighted by Gasteiger charge is -2.06. The number of halogens is 2. The van der Waals surface area contributed by atoms with Gasteiger partial charge in [0.25, 0.3) is 5.91 Å². The molecule has 0 aliphatic carbocycles. The molecule has 2 N–H and O–H groups in total. The molecule has 0 bridgehead atoms. The van der Waals surface area contributed by atoms with Crippen LogP contribution in [0.1, 0.15) is 0 Å². The molecule has 0 atom stereocenters. The molecule has 22 heavy (non-hydrogen) atoms. The summed E-state index contributed by atoms with van der Waals surface area (Å²) in [6, 6.07) is 15.6. The standard InChI is InChI=1S/C16H11Cl2N3O/c17-12-6-7-15(14(18)8-12)20-10-11(9-19)16(22)21-13-4-2-1-3-5-13/h1-8,10,20H,(H,21,22). The molecule has 2 aromatic rings. The number of carbonyl (C=O) groups is 1. The predicted octanol–water partition coefficient (Wildman–Crippen LogP) is 4.45. The maximum atomic E-state index is 12.0. The first-order valence-electron chi connectivity index (χ1n) is 6.28. The van der Waals surface area contributed by atoms with Gasteiger partial charge in [0, 0.05) is 16.9 Å². The zero-order valence-electron chi connectivity index (χ0n) is 11.3. The molecule has 2 rings (SSSR count). The van der Waals surface area contributed by atoms with Crippen molar-refractivity contribution in [3.8, 4) is 6.07 Å². The summed E-state index contributed by atoms with van der Waals surface area (Å²) in [6.45, 7) is 0. The molecule has 110 valence electrons. The summed E-state index contributed by atoms with van der Waals surface area (Å²) >= 11 is 11.8. The van der Waals surface area contributed by atoms with E-state index >= 15 is 0 Å². The van der Waals surface area contributed by atoms with Gasteiger partial charge in [-0.15, -0.1) is 0 Å². The van der Waals surface area contributed by atoms with E-state index in [9.17, 15) is 4.79 Å². The van der Waals surface area contributed by atoms with Crippen LogP contribution < -0.4 is 10.6 Å². The minimum atomic E-state index is -0.508. The molecule has 2 aromatic carbocycles. The van der Waals surface area contributed by atoms with Gasteiger partial charge in [-0.2, -0.15) is 5.26 Å². The molecule has 0 saturated heterocycles. The Hall–Kier alpha value is -2.48. The zero-order chi connectivity index (χ0) is 15.9. The van der Waals surface area contributed by atoms with Crippen molar-refractivity contribution in [1.29, 1.82) is 5.26 Å². The summed E-state index contributed by atoms with van der Waals surface area (Å²) in [6.07, 6.45) is 1.30. The van der Waals surface area contributed by atoms with Crippen molar-refractivity contribution in [2.45, 2.75) is 0 Å². The summed E-state index contributed by atoms with van der Waals surface area (Å²) < 4.78 is 0. The Bertz CT molecular complexity index is 752. The summed E-state index contributed by atoms with van der Waals surface area (Å²) in [5.41, 5.74) is 1.08. The number of nitriles is 1. The largest absolute Gasteiger partial charge is 0.359 e. The van der Waals surface area contributed by atoms with Crippen LogP contribution in [0.5, 0.6) is 0 Å². The average molecular weight is 332 g/mol. The molecule has 0 aromatic heterocycles. The number of para-hydroxylation sites is 1. The quantitative estimate of drug-likeness (QED) is 0.642. The highest BCUT2D eigenvalue weighted by molar-refractivity contribution is 6.36. The number of anilines is 2. The summed E-state index contributed by atoms with van der Waals surface area (Å²) in [5, 5.41) is 15.4. The molecule has 0 heterocycles. The van der Waals surface area contributed by atoms with E-state index in [0.717, 1.165) is 0 Å². The number of amides is 1. The van der Waals surface area contributed by atoms with E-state index in [1.54, 1.807) is 42.5 Å². The number of carbonyl (C=O) groups excluding carboxylic acids is 1. The first kappa shape index (κ1) is 15.9. The minimum Gasteiger partial charge on any atom is -0.359 e. The molecule has 0 saturated carbocycles. The van der Waals surface area contributed by atoms with Gasteiger partial charge in [0.15, 0.2) is 0 Å². The third kappa shape index (κ3) is 4.26. The first-order chi connectivity index (χ1) is 10.6. The molecule has 1 amide bonds. The van der Waals surface area contributed by atoms with Crippen molar-refractivity contribution in [3.63, 3.8) is 0 Å². The van der Waals surface area contributed by atoms with E-state index in [-0.39, 0.29) is 5.57 Å². The monoisotopic (exact) mass is 331 g/mol. The fourth-order valence-corrected chi connectivity index (χ4v) is 2.09. The molecule has 0 spiro atoms. The van der Waals surface area contributed by atoms with Crippen LogP contribution >= 0.6 is 23.2 Å². The Morgan fingerprint density at radius 2 is 1.86 bits per heavy atom. The maximum Gasteiger partial charge on any atom is 0.267 e. The number of benzene rings is 2. The van der Waals surface area contributed by atoms with E-state index in [4.69, 9.17) is 28.5 Å². The van der Waals surface area contributed by atoms with Gasteiger partial charge in [0.05, 0.1) is 10.7 Å². The van der Waals surface area contributed by atoms with Crippen LogP contribution in [0.4, 0.5) is 11.4 Å². The van der Waals surface area contributed by atoms with Crippen molar-refractivity contribution in [2.75, 3.05) is 10.6 Å². The molecule has 0 fully saturated rings. The minimum absolute atomic E-state index is 0.0742. The van der Waals surface area contributed by atoms with Gasteiger partial charge >= 0.3 is 0 Å². The van der Waals surface area contributed by atoms with Gasteiger partial charge in [-0.25, -0.2) is 0 Å². The maximum absolute atomic E-state index is 12.0. The van der Waals surface area contributed by atoms with Crippen LogP contribution in [0.15, 0.2) is 60.3 Å². The topological polar surface area (TPSA) is 64.9 Å². The highest BCUT2D eigenvalue weighted by Crippen LogP contribution is 2.25. The molecule has 0 aliphatic heterocycles. The van der Waals surface area contributed by atoms with Gasteiger partial charge in [-0.3, -0.25) is 4.79 Å². The van der Waals surface area contributed by atoms with E-state index < -0.39 is 5.91 Å². The van der Waals surface area contributed by atoms with Crippen molar-refractivity contribution in [2.24, 2.45) is 0 Å². The number of nitrogens with one attached hydrogen (secondary N) is 2. The normalized spacial score (nSPS) is 10.7. The molecule has 0 unspecified atom stereocenters. The van der Waals surface area contributed by atoms with E-state index in [1.165, 1.54) is 6.20 Å². The lowest BCUT2D eigenvalue weighted by molar-refractivity contribution is -0.112. The van der Waals surface area contributed by atoms with Gasteiger partial charge < -0.3 is 10.6 Å². The van der Waals surface area contributed by atoms with Crippen molar-refractivity contribution in [3.05, 3.63) is 70.3 Å². The van der Waals surface area contributed by atoms with Gasteiger partial charge in [-0.05, 0) is 30.3 Å². The van der Waals surface area contributed by atoms with Crippen LogP contribution in [0.3, 0.4) is 0 Å². The fourth-order valence-electron chi connectivity index (χ4n) is 1.62. The lowest BCUT2D eigenvalue weighted by atomic mass is 10.2. The Labute approximate surface area is 138 Å².